The molecule has 1 saturated carbocycles. The molecule has 0 unspecified atom stereocenters. The van der Waals surface area contributed by atoms with Gasteiger partial charge in [0.2, 0.25) is 15.0 Å². The fourth-order valence-electron chi connectivity index (χ4n) is 4.07. The zero-order valence-corrected chi connectivity index (χ0v) is 21.4. The summed E-state index contributed by atoms with van der Waals surface area (Å²) in [6.45, 7) is 5.04. The molecule has 0 N–H and O–H groups in total. The van der Waals surface area contributed by atoms with Crippen LogP contribution in [0.4, 0.5) is 4.39 Å². The predicted octanol–water partition coefficient (Wildman–Crippen LogP) is 5.36. The summed E-state index contributed by atoms with van der Waals surface area (Å²) in [5, 5.41) is 0.428. The number of carbonyl (C=O) groups is 1. The number of sulfone groups is 1. The summed E-state index contributed by atoms with van der Waals surface area (Å²) >= 11 is 6.04. The van der Waals surface area contributed by atoms with Crippen molar-refractivity contribution in [3.8, 4) is 0 Å². The Bertz CT molecular complexity index is 1320. The monoisotopic (exact) mass is 517 g/mol. The molecule has 186 valence electrons. The van der Waals surface area contributed by atoms with Gasteiger partial charge in [0.05, 0.1) is 29.8 Å². The molecule has 0 saturated heterocycles. The summed E-state index contributed by atoms with van der Waals surface area (Å²) in [5.41, 5.74) is 1.19. The van der Waals surface area contributed by atoms with Gasteiger partial charge in [0, 0.05) is 18.1 Å². The van der Waals surface area contributed by atoms with E-state index < -0.39 is 21.6 Å². The maximum absolute atomic E-state index is 14.4. The zero-order chi connectivity index (χ0) is 25.2. The first-order valence-corrected chi connectivity index (χ1v) is 13.7. The molecule has 4 rings (SSSR count). The van der Waals surface area contributed by atoms with E-state index >= 15 is 0 Å². The fraction of sp³-hybridized carbons (Fsp3) is 0.385. The number of halogens is 2. The number of hydrogen-bond acceptors (Lipinski definition) is 4. The van der Waals surface area contributed by atoms with Crippen LogP contribution in [0, 0.1) is 17.7 Å². The van der Waals surface area contributed by atoms with Gasteiger partial charge in [-0.25, -0.2) is 17.8 Å². The average Bonchev–Trinajstić information content (AvgIpc) is 3.52. The van der Waals surface area contributed by atoms with Crippen molar-refractivity contribution in [2.45, 2.75) is 50.7 Å². The lowest BCUT2D eigenvalue weighted by Gasteiger charge is -2.24. The summed E-state index contributed by atoms with van der Waals surface area (Å²) in [4.78, 5) is 19.2. The number of amides is 1. The standard InChI is InChI=1S/C26H29ClFN3O3S/c1-18(2)14-31-22(13-29-26(31)35(33,34)17-20-6-5-7-21(27)12-20)16-30(15-19-10-11-19)25(32)23-8-3-4-9-24(23)28/h3-9,12-13,18-19H,10-11,14-17H2,1-2H3. The third kappa shape index (κ3) is 6.30. The first kappa shape index (κ1) is 25.4. The highest BCUT2D eigenvalue weighted by atomic mass is 35.5. The van der Waals surface area contributed by atoms with Crippen LogP contribution in [0.1, 0.15) is 48.3 Å². The second-order valence-corrected chi connectivity index (χ2v) is 11.9. The van der Waals surface area contributed by atoms with E-state index in [4.69, 9.17) is 11.6 Å². The van der Waals surface area contributed by atoms with Crippen LogP contribution in [0.2, 0.25) is 5.02 Å². The van der Waals surface area contributed by atoms with E-state index in [-0.39, 0.29) is 28.9 Å². The lowest BCUT2D eigenvalue weighted by atomic mass is 10.1. The second kappa shape index (κ2) is 10.5. The fourth-order valence-corrected chi connectivity index (χ4v) is 5.77. The maximum atomic E-state index is 14.4. The van der Waals surface area contributed by atoms with Gasteiger partial charge < -0.3 is 9.47 Å². The van der Waals surface area contributed by atoms with E-state index in [2.05, 4.69) is 4.98 Å². The Balaban J connectivity index is 1.66. The van der Waals surface area contributed by atoms with E-state index in [9.17, 15) is 17.6 Å². The SMILES string of the molecule is CC(C)Cn1c(CN(CC2CC2)C(=O)c2ccccc2F)cnc1S(=O)(=O)Cc1cccc(Cl)c1. The summed E-state index contributed by atoms with van der Waals surface area (Å²) in [6.07, 6.45) is 3.55. The van der Waals surface area contributed by atoms with Crippen molar-refractivity contribution in [1.29, 1.82) is 0 Å². The molecule has 1 heterocycles. The Kier molecular flexibility index (Phi) is 7.62. The highest BCUT2D eigenvalue weighted by Crippen LogP contribution is 2.31. The first-order chi connectivity index (χ1) is 16.6. The third-order valence-corrected chi connectivity index (χ3v) is 7.72. The maximum Gasteiger partial charge on any atom is 0.257 e. The van der Waals surface area contributed by atoms with Crippen LogP contribution < -0.4 is 0 Å². The summed E-state index contributed by atoms with van der Waals surface area (Å²) in [7, 11) is -3.78. The van der Waals surface area contributed by atoms with Crippen molar-refractivity contribution in [1.82, 2.24) is 14.5 Å². The number of carbonyl (C=O) groups excluding carboxylic acids is 1. The van der Waals surface area contributed by atoms with E-state index in [1.165, 1.54) is 18.3 Å². The van der Waals surface area contributed by atoms with Crippen molar-refractivity contribution in [2.75, 3.05) is 6.54 Å². The molecule has 0 bridgehead atoms. The van der Waals surface area contributed by atoms with Gasteiger partial charge in [-0.1, -0.05) is 49.7 Å². The van der Waals surface area contributed by atoms with E-state index in [0.717, 1.165) is 12.8 Å². The molecule has 3 aromatic rings. The van der Waals surface area contributed by atoms with Crippen molar-refractivity contribution >= 4 is 27.3 Å². The van der Waals surface area contributed by atoms with Crippen LogP contribution >= 0.6 is 11.6 Å². The van der Waals surface area contributed by atoms with Gasteiger partial charge in [-0.3, -0.25) is 4.79 Å². The topological polar surface area (TPSA) is 72.3 Å². The smallest absolute Gasteiger partial charge is 0.257 e. The van der Waals surface area contributed by atoms with E-state index in [0.29, 0.717) is 35.3 Å². The Morgan fingerprint density at radius 2 is 1.94 bits per heavy atom. The first-order valence-electron chi connectivity index (χ1n) is 11.7. The molecule has 2 aromatic carbocycles. The molecule has 0 spiro atoms. The number of nitrogens with zero attached hydrogens (tertiary/aromatic N) is 3. The lowest BCUT2D eigenvalue weighted by Crippen LogP contribution is -2.34. The van der Waals surface area contributed by atoms with Crippen molar-refractivity contribution < 1.29 is 17.6 Å². The molecule has 0 atom stereocenters. The van der Waals surface area contributed by atoms with Gasteiger partial charge >= 0.3 is 0 Å². The molecule has 35 heavy (non-hydrogen) atoms. The number of aromatic nitrogens is 2. The van der Waals surface area contributed by atoms with Crippen LogP contribution in [-0.4, -0.2) is 35.3 Å². The number of imidazole rings is 1. The molecule has 1 fully saturated rings. The van der Waals surface area contributed by atoms with E-state index in [1.807, 2.05) is 13.8 Å². The quantitative estimate of drug-likeness (QED) is 0.363. The minimum atomic E-state index is -3.78. The van der Waals surface area contributed by atoms with Gasteiger partial charge in [-0.15, -0.1) is 0 Å². The van der Waals surface area contributed by atoms with Gasteiger partial charge in [-0.2, -0.15) is 0 Å². The number of rotatable bonds is 10. The molecular weight excluding hydrogens is 489 g/mol. The molecule has 0 radical (unpaired) electrons. The molecule has 1 aromatic heterocycles. The summed E-state index contributed by atoms with van der Waals surface area (Å²) in [5.74, 6) is -0.697. The van der Waals surface area contributed by atoms with Crippen LogP contribution in [0.15, 0.2) is 59.9 Å². The number of hydrogen-bond donors (Lipinski definition) is 0. The van der Waals surface area contributed by atoms with E-state index in [1.54, 1.807) is 45.9 Å². The Morgan fingerprint density at radius 1 is 1.20 bits per heavy atom. The largest absolute Gasteiger partial charge is 0.332 e. The van der Waals surface area contributed by atoms with Gasteiger partial charge in [0.1, 0.15) is 5.82 Å². The minimum absolute atomic E-state index is 0.0110. The minimum Gasteiger partial charge on any atom is -0.332 e. The van der Waals surface area contributed by atoms with Gasteiger partial charge in [0.25, 0.3) is 5.91 Å². The Labute approximate surface area is 210 Å². The Hall–Kier alpha value is -2.71. The highest BCUT2D eigenvalue weighted by Gasteiger charge is 2.31. The van der Waals surface area contributed by atoms with Gasteiger partial charge in [-0.05, 0) is 54.5 Å². The van der Waals surface area contributed by atoms with Gasteiger partial charge in [0.15, 0.2) is 0 Å². The molecule has 9 heteroatoms. The molecule has 1 aliphatic carbocycles. The predicted molar refractivity (Wildman–Crippen MR) is 133 cm³/mol. The van der Waals surface area contributed by atoms with Crippen LogP contribution in [-0.2, 0) is 28.7 Å². The number of benzene rings is 2. The van der Waals surface area contributed by atoms with Crippen molar-refractivity contribution in [3.63, 3.8) is 0 Å². The van der Waals surface area contributed by atoms with Crippen LogP contribution in [0.25, 0.3) is 0 Å². The third-order valence-electron chi connectivity index (χ3n) is 5.89. The molecular formula is C26H29ClFN3O3S. The highest BCUT2D eigenvalue weighted by molar-refractivity contribution is 7.90. The normalized spacial score (nSPS) is 13.9. The lowest BCUT2D eigenvalue weighted by molar-refractivity contribution is 0.0725. The van der Waals surface area contributed by atoms with Crippen LogP contribution in [0.5, 0.6) is 0 Å². The molecule has 0 aliphatic heterocycles. The zero-order valence-electron chi connectivity index (χ0n) is 19.8. The van der Waals surface area contributed by atoms with Crippen LogP contribution in [0.3, 0.4) is 0 Å². The molecule has 1 amide bonds. The Morgan fingerprint density at radius 3 is 2.60 bits per heavy atom. The van der Waals surface area contributed by atoms with Crippen molar-refractivity contribution in [3.05, 3.63) is 82.4 Å². The summed E-state index contributed by atoms with van der Waals surface area (Å²) < 4.78 is 42.8. The van der Waals surface area contributed by atoms with Crippen molar-refractivity contribution in [2.24, 2.45) is 11.8 Å². The average molecular weight is 518 g/mol. The summed E-state index contributed by atoms with van der Waals surface area (Å²) in [6, 6.07) is 12.7. The second-order valence-electron chi connectivity index (χ2n) is 9.53. The molecule has 1 aliphatic rings. The molecule has 6 nitrogen and oxygen atoms in total.